The van der Waals surface area contributed by atoms with Crippen molar-refractivity contribution in [3.8, 4) is 11.5 Å². The van der Waals surface area contributed by atoms with Gasteiger partial charge in [-0.25, -0.2) is 0 Å². The number of rotatable bonds is 13. The second-order valence-corrected chi connectivity index (χ2v) is 20.1. The first kappa shape index (κ1) is 37.7. The first-order valence-corrected chi connectivity index (χ1v) is 22.1. The number of nitrogens with zero attached hydrogens (tertiary/aromatic N) is 4. The molecule has 3 aliphatic rings. The van der Waals surface area contributed by atoms with Gasteiger partial charge in [-0.2, -0.15) is 0 Å². The fourth-order valence-corrected chi connectivity index (χ4v) is 13.1. The molecule has 0 saturated carbocycles. The van der Waals surface area contributed by atoms with Gasteiger partial charge in [-0.1, -0.05) is 54.7 Å². The lowest BCUT2D eigenvalue weighted by Crippen LogP contribution is -2.51. The molecule has 3 aliphatic heterocycles. The third kappa shape index (κ3) is 7.05. The smallest absolute Gasteiger partial charge is 0.264 e. The molecule has 1 unspecified atom stereocenters. The quantitative estimate of drug-likeness (QED) is 0.167. The number of carbonyl (C=O) groups is 2. The number of hydrogen-bond acceptors (Lipinski definition) is 9. The third-order valence-electron chi connectivity index (χ3n) is 11.8. The van der Waals surface area contributed by atoms with Crippen molar-refractivity contribution >= 4 is 36.4 Å². The lowest BCUT2D eigenvalue weighted by Gasteiger charge is -2.37. The van der Waals surface area contributed by atoms with E-state index in [2.05, 4.69) is 53.1 Å². The van der Waals surface area contributed by atoms with Crippen LogP contribution in [0.1, 0.15) is 43.0 Å². The summed E-state index contributed by atoms with van der Waals surface area (Å²) in [7, 11) is 0.950. The molecule has 0 radical (unpaired) electrons. The lowest BCUT2D eigenvalue weighted by atomic mass is 9.82. The molecule has 2 amide bonds. The number of anilines is 2. The third-order valence-corrected chi connectivity index (χ3v) is 16.2. The van der Waals surface area contributed by atoms with Crippen LogP contribution in [-0.2, 0) is 39.4 Å². The van der Waals surface area contributed by atoms with E-state index in [1.807, 2.05) is 65.7 Å². The van der Waals surface area contributed by atoms with Crippen molar-refractivity contribution in [1.29, 1.82) is 0 Å². The Kier molecular flexibility index (Phi) is 10.9. The average molecular weight is 753 g/mol. The van der Waals surface area contributed by atoms with Gasteiger partial charge < -0.3 is 34.9 Å². The Labute approximate surface area is 318 Å². The Morgan fingerprint density at radius 1 is 1.09 bits per heavy atom. The zero-order valence-electron chi connectivity index (χ0n) is 31.9. The van der Waals surface area contributed by atoms with Crippen LogP contribution in [0.25, 0.3) is 0 Å². The number of carbonyl (C=O) groups excluding carboxylic acids is 2. The summed E-state index contributed by atoms with van der Waals surface area (Å²) >= 11 is 0. The molecule has 1 aromatic heterocycles. The van der Waals surface area contributed by atoms with Crippen molar-refractivity contribution < 1.29 is 28.9 Å². The largest absolute Gasteiger partial charge is 0.497 e. The number of ether oxygens (including phenoxy) is 3. The maximum absolute atomic E-state index is 15.3. The number of fused-ring (bicyclic) bond motifs is 2. The molecule has 286 valence electrons. The summed E-state index contributed by atoms with van der Waals surface area (Å²) in [6.07, 6.45) is 4.51. The zero-order valence-corrected chi connectivity index (χ0v) is 32.9. The molecule has 5 atom stereocenters. The van der Waals surface area contributed by atoms with Crippen LogP contribution in [-0.4, -0.2) is 80.0 Å². The minimum Gasteiger partial charge on any atom is -0.497 e. The number of aliphatic hydroxyl groups is 1. The number of aryl methyl sites for hydroxylation is 1. The van der Waals surface area contributed by atoms with E-state index in [1.165, 1.54) is 5.19 Å². The molecule has 4 heterocycles. The van der Waals surface area contributed by atoms with Crippen molar-refractivity contribution in [2.75, 3.05) is 44.1 Å². The highest BCUT2D eigenvalue weighted by molar-refractivity contribution is 6.91. The molecule has 13 heteroatoms. The molecule has 3 aromatic carbocycles. The van der Waals surface area contributed by atoms with Crippen molar-refractivity contribution in [1.82, 2.24) is 20.3 Å². The SMILES string of the molecule is COc1ccc([Si](C)(C)[C@H]2[C@H](CCn3cc(CCO)nn3)O[C@@]3(C(=O)N(Cc4cccc(NC(=O)C5CCCNC5)c4)c4ccc(OC)cc43)[C@@H]2C)cc1. The van der Waals surface area contributed by atoms with E-state index in [1.54, 1.807) is 18.9 Å². The maximum atomic E-state index is 15.3. The number of methoxy groups -OCH3 is 2. The van der Waals surface area contributed by atoms with Crippen LogP contribution < -0.4 is 30.2 Å². The van der Waals surface area contributed by atoms with Crippen LogP contribution in [0, 0.1) is 11.8 Å². The Morgan fingerprint density at radius 3 is 2.59 bits per heavy atom. The van der Waals surface area contributed by atoms with E-state index in [-0.39, 0.29) is 41.9 Å². The summed E-state index contributed by atoms with van der Waals surface area (Å²) in [6.45, 7) is 9.40. The van der Waals surface area contributed by atoms with Crippen molar-refractivity contribution in [3.05, 3.63) is 89.7 Å². The van der Waals surface area contributed by atoms with Gasteiger partial charge in [-0.3, -0.25) is 14.3 Å². The minimum absolute atomic E-state index is 0.00673. The molecular formula is C41H52N6O6Si. The molecule has 0 bridgehead atoms. The topological polar surface area (TPSA) is 140 Å². The highest BCUT2D eigenvalue weighted by atomic mass is 28.3. The van der Waals surface area contributed by atoms with E-state index in [9.17, 15) is 9.90 Å². The summed E-state index contributed by atoms with van der Waals surface area (Å²) in [5, 5.41) is 25.7. The van der Waals surface area contributed by atoms with E-state index in [4.69, 9.17) is 14.2 Å². The Balaban J connectivity index is 1.23. The summed E-state index contributed by atoms with van der Waals surface area (Å²) in [5.41, 5.74) is 2.75. The van der Waals surface area contributed by atoms with Crippen LogP contribution in [0.5, 0.6) is 11.5 Å². The van der Waals surface area contributed by atoms with Gasteiger partial charge >= 0.3 is 0 Å². The van der Waals surface area contributed by atoms with E-state index < -0.39 is 13.7 Å². The van der Waals surface area contributed by atoms with Gasteiger partial charge in [0.15, 0.2) is 5.60 Å². The Bertz CT molecular complexity index is 1960. The molecule has 54 heavy (non-hydrogen) atoms. The Morgan fingerprint density at radius 2 is 1.87 bits per heavy atom. The molecule has 4 aromatic rings. The second-order valence-electron chi connectivity index (χ2n) is 15.4. The van der Waals surface area contributed by atoms with Gasteiger partial charge in [0.1, 0.15) is 11.5 Å². The maximum Gasteiger partial charge on any atom is 0.264 e. The summed E-state index contributed by atoms with van der Waals surface area (Å²) in [4.78, 5) is 30.2. The van der Waals surface area contributed by atoms with Gasteiger partial charge in [-0.05, 0) is 79.4 Å². The van der Waals surface area contributed by atoms with Gasteiger partial charge in [-0.15, -0.1) is 5.10 Å². The second kappa shape index (κ2) is 15.7. The summed E-state index contributed by atoms with van der Waals surface area (Å²) < 4.78 is 20.4. The highest BCUT2D eigenvalue weighted by Gasteiger charge is 2.66. The van der Waals surface area contributed by atoms with Crippen molar-refractivity contribution in [2.45, 2.75) is 76.0 Å². The fourth-order valence-electron chi connectivity index (χ4n) is 9.03. The number of hydrogen-bond donors (Lipinski definition) is 3. The van der Waals surface area contributed by atoms with Gasteiger partial charge in [0.25, 0.3) is 5.91 Å². The summed E-state index contributed by atoms with van der Waals surface area (Å²) in [5.74, 6) is 1.12. The fraction of sp³-hybridized carbons (Fsp3) is 0.463. The predicted octanol–water partition coefficient (Wildman–Crippen LogP) is 4.62. The molecule has 12 nitrogen and oxygen atoms in total. The summed E-state index contributed by atoms with van der Waals surface area (Å²) in [6, 6.07) is 22.0. The monoisotopic (exact) mass is 752 g/mol. The van der Waals surface area contributed by atoms with Crippen LogP contribution in [0.15, 0.2) is 72.9 Å². The van der Waals surface area contributed by atoms with Gasteiger partial charge in [0.2, 0.25) is 5.91 Å². The minimum atomic E-state index is -2.36. The molecule has 7 rings (SSSR count). The number of aliphatic hydroxyl groups excluding tert-OH is 1. The van der Waals surface area contributed by atoms with Crippen molar-refractivity contribution in [3.63, 3.8) is 0 Å². The van der Waals surface area contributed by atoms with Crippen LogP contribution >= 0.6 is 0 Å². The van der Waals surface area contributed by atoms with E-state index in [0.717, 1.165) is 47.6 Å². The van der Waals surface area contributed by atoms with Crippen LogP contribution in [0.2, 0.25) is 18.6 Å². The van der Waals surface area contributed by atoms with Gasteiger partial charge in [0, 0.05) is 49.5 Å². The molecule has 1 spiro atoms. The highest BCUT2D eigenvalue weighted by Crippen LogP contribution is 2.60. The number of amides is 2. The van der Waals surface area contributed by atoms with Crippen LogP contribution in [0.3, 0.4) is 0 Å². The first-order chi connectivity index (χ1) is 26.1. The van der Waals surface area contributed by atoms with Gasteiger partial charge in [0.05, 0.1) is 52.2 Å². The average Bonchev–Trinajstić information content (AvgIpc) is 3.84. The molecule has 0 aliphatic carbocycles. The van der Waals surface area contributed by atoms with Crippen LogP contribution in [0.4, 0.5) is 11.4 Å². The van der Waals surface area contributed by atoms with Crippen molar-refractivity contribution in [2.24, 2.45) is 11.8 Å². The predicted molar refractivity (Wildman–Crippen MR) is 210 cm³/mol. The first-order valence-electron chi connectivity index (χ1n) is 19.0. The standard InChI is InChI=1S/C41H52N6O6Si/c1-27-38(54(4,5)34-14-11-32(51-2)12-15-34)37(17-20-46-26-31(18-21-48)44-45-46)53-41(27)35-23-33(52-3)13-16-36(35)47(40(41)50)25-28-8-6-10-30(22-28)43-39(49)29-9-7-19-42-24-29/h6,8,10-16,22-23,26-27,29,37-38,42,48H,7,9,17-21,24-25H2,1-5H3,(H,43,49)/t27-,29?,37+,38-,41+/m1/s1. The Hall–Kier alpha value is -4.56. The number of aromatic nitrogens is 3. The lowest BCUT2D eigenvalue weighted by molar-refractivity contribution is -0.146. The molecule has 2 fully saturated rings. The van der Waals surface area contributed by atoms with E-state index in [0.29, 0.717) is 43.9 Å². The van der Waals surface area contributed by atoms with E-state index >= 15 is 4.79 Å². The number of benzene rings is 3. The molecule has 3 N–H and O–H groups in total. The molecule has 2 saturated heterocycles. The molecular weight excluding hydrogens is 701 g/mol. The zero-order chi connectivity index (χ0) is 38.0. The normalized spacial score (nSPS) is 23.8. The number of piperidine rings is 1. The number of nitrogens with one attached hydrogen (secondary N) is 2.